The Morgan fingerprint density at radius 1 is 1.24 bits per heavy atom. The van der Waals surface area contributed by atoms with E-state index in [0.29, 0.717) is 17.0 Å². The molecule has 1 heterocycles. The zero-order chi connectivity index (χ0) is 15.6. The van der Waals surface area contributed by atoms with E-state index < -0.39 is 11.4 Å². The Kier molecular flexibility index (Phi) is 4.81. The summed E-state index contributed by atoms with van der Waals surface area (Å²) in [4.78, 5) is 28.4. The van der Waals surface area contributed by atoms with Crippen molar-refractivity contribution in [1.29, 1.82) is 0 Å². The first kappa shape index (κ1) is 16.1. The summed E-state index contributed by atoms with van der Waals surface area (Å²) in [5, 5.41) is 0.736. The lowest BCUT2D eigenvalue weighted by molar-refractivity contribution is 0.320. The summed E-state index contributed by atoms with van der Waals surface area (Å²) >= 11 is 1.46. The summed E-state index contributed by atoms with van der Waals surface area (Å²) in [6.07, 6.45) is 5.81. The highest BCUT2D eigenvalue weighted by molar-refractivity contribution is 7.99. The molecule has 0 spiro atoms. The maximum Gasteiger partial charge on any atom is 0.354 e. The first-order valence-electron chi connectivity index (χ1n) is 7.43. The summed E-state index contributed by atoms with van der Waals surface area (Å²) in [7, 11) is 0. The van der Waals surface area contributed by atoms with Crippen LogP contribution in [-0.4, -0.2) is 19.5 Å². The number of hydrogen-bond acceptors (Lipinski definition) is 5. The first-order chi connectivity index (χ1) is 9.78. The minimum absolute atomic E-state index is 0.185. The second-order valence-corrected chi connectivity index (χ2v) is 8.12. The van der Waals surface area contributed by atoms with Crippen LogP contribution in [-0.2, 0) is 6.54 Å². The highest BCUT2D eigenvalue weighted by Crippen LogP contribution is 2.31. The Hall–Kier alpha value is -1.24. The molecule has 0 radical (unpaired) electrons. The molecule has 1 fully saturated rings. The normalized spacial score (nSPS) is 17.1. The number of thioether (sulfide) groups is 1. The van der Waals surface area contributed by atoms with Gasteiger partial charge in [-0.1, -0.05) is 51.8 Å². The van der Waals surface area contributed by atoms with Gasteiger partial charge in [-0.15, -0.1) is 0 Å². The SMILES string of the molecule is CC(C)(C)Cn1c(=O)nc(SC2CCCCC2)n(N)c1=O. The largest absolute Gasteiger partial charge is 0.354 e. The molecular formula is C14H24N4O2S. The average Bonchev–Trinajstić information content (AvgIpc) is 2.41. The van der Waals surface area contributed by atoms with Crippen LogP contribution >= 0.6 is 11.8 Å². The third kappa shape index (κ3) is 4.12. The monoisotopic (exact) mass is 312 g/mol. The van der Waals surface area contributed by atoms with E-state index in [-0.39, 0.29) is 5.41 Å². The van der Waals surface area contributed by atoms with Gasteiger partial charge in [-0.25, -0.2) is 14.2 Å². The minimum atomic E-state index is -0.505. The molecule has 0 unspecified atom stereocenters. The average molecular weight is 312 g/mol. The van der Waals surface area contributed by atoms with Crippen LogP contribution in [0.3, 0.4) is 0 Å². The van der Waals surface area contributed by atoms with E-state index in [1.807, 2.05) is 20.8 Å². The van der Waals surface area contributed by atoms with E-state index in [1.54, 1.807) is 0 Å². The Labute approximate surface area is 128 Å². The molecule has 2 N–H and O–H groups in total. The number of nitrogens with zero attached hydrogens (tertiary/aromatic N) is 3. The molecule has 1 saturated carbocycles. The molecule has 0 aromatic carbocycles. The third-order valence-corrected chi connectivity index (χ3v) is 4.83. The van der Waals surface area contributed by atoms with E-state index in [4.69, 9.17) is 5.84 Å². The van der Waals surface area contributed by atoms with Crippen molar-refractivity contribution in [2.75, 3.05) is 5.84 Å². The van der Waals surface area contributed by atoms with Crippen molar-refractivity contribution in [3.63, 3.8) is 0 Å². The predicted molar refractivity (Wildman–Crippen MR) is 85.1 cm³/mol. The molecule has 1 aliphatic rings. The van der Waals surface area contributed by atoms with Crippen molar-refractivity contribution in [2.24, 2.45) is 5.41 Å². The molecule has 0 atom stereocenters. The number of rotatable bonds is 3. The van der Waals surface area contributed by atoms with Gasteiger partial charge in [0, 0.05) is 11.8 Å². The van der Waals surface area contributed by atoms with Crippen molar-refractivity contribution in [1.82, 2.24) is 14.2 Å². The van der Waals surface area contributed by atoms with Gasteiger partial charge in [0.15, 0.2) is 5.16 Å². The lowest BCUT2D eigenvalue weighted by Gasteiger charge is -2.22. The molecule has 6 nitrogen and oxygen atoms in total. The van der Waals surface area contributed by atoms with Gasteiger partial charge in [-0.2, -0.15) is 9.66 Å². The zero-order valence-electron chi connectivity index (χ0n) is 13.0. The molecule has 0 saturated heterocycles. The van der Waals surface area contributed by atoms with E-state index >= 15 is 0 Å². The maximum absolute atomic E-state index is 12.3. The first-order valence-corrected chi connectivity index (χ1v) is 8.31. The van der Waals surface area contributed by atoms with Gasteiger partial charge in [-0.05, 0) is 18.3 Å². The summed E-state index contributed by atoms with van der Waals surface area (Å²) in [6, 6.07) is 0. The van der Waals surface area contributed by atoms with Gasteiger partial charge in [0.2, 0.25) is 0 Å². The number of aromatic nitrogens is 3. The van der Waals surface area contributed by atoms with Crippen molar-refractivity contribution in [2.45, 2.75) is 69.8 Å². The zero-order valence-corrected chi connectivity index (χ0v) is 13.8. The maximum atomic E-state index is 12.3. The number of nitrogen functional groups attached to an aromatic ring is 1. The van der Waals surface area contributed by atoms with E-state index in [1.165, 1.54) is 31.0 Å². The summed E-state index contributed by atoms with van der Waals surface area (Å²) in [5.74, 6) is 5.85. The van der Waals surface area contributed by atoms with Gasteiger partial charge in [0.1, 0.15) is 0 Å². The third-order valence-electron chi connectivity index (χ3n) is 3.52. The van der Waals surface area contributed by atoms with E-state index in [0.717, 1.165) is 22.1 Å². The molecule has 1 aromatic rings. The van der Waals surface area contributed by atoms with Crippen LogP contribution in [0.25, 0.3) is 0 Å². The molecule has 1 aliphatic carbocycles. The molecule has 2 rings (SSSR count). The highest BCUT2D eigenvalue weighted by atomic mass is 32.2. The fourth-order valence-electron chi connectivity index (χ4n) is 2.51. The smallest absolute Gasteiger partial charge is 0.333 e. The fourth-order valence-corrected chi connectivity index (χ4v) is 3.70. The van der Waals surface area contributed by atoms with Gasteiger partial charge >= 0.3 is 11.4 Å². The minimum Gasteiger partial charge on any atom is -0.333 e. The van der Waals surface area contributed by atoms with E-state index in [2.05, 4.69) is 4.98 Å². The molecule has 0 aliphatic heterocycles. The van der Waals surface area contributed by atoms with Gasteiger partial charge in [0.05, 0.1) is 0 Å². The van der Waals surface area contributed by atoms with Crippen LogP contribution in [0.1, 0.15) is 52.9 Å². The quantitative estimate of drug-likeness (QED) is 0.857. The Morgan fingerprint density at radius 3 is 2.43 bits per heavy atom. The molecular weight excluding hydrogens is 288 g/mol. The summed E-state index contributed by atoms with van der Waals surface area (Å²) in [5.41, 5.74) is -1.17. The number of hydrogen-bond donors (Lipinski definition) is 1. The summed E-state index contributed by atoms with van der Waals surface area (Å²) < 4.78 is 2.14. The molecule has 7 heteroatoms. The lowest BCUT2D eigenvalue weighted by atomic mass is 9.97. The number of nitrogens with two attached hydrogens (primary N) is 1. The van der Waals surface area contributed by atoms with Crippen LogP contribution in [0.5, 0.6) is 0 Å². The molecule has 118 valence electrons. The van der Waals surface area contributed by atoms with Crippen LogP contribution in [0.4, 0.5) is 0 Å². The van der Waals surface area contributed by atoms with Crippen molar-refractivity contribution < 1.29 is 0 Å². The van der Waals surface area contributed by atoms with Crippen LogP contribution in [0.2, 0.25) is 0 Å². The topological polar surface area (TPSA) is 82.9 Å². The fraction of sp³-hybridized carbons (Fsp3) is 0.786. The van der Waals surface area contributed by atoms with E-state index in [9.17, 15) is 9.59 Å². The second-order valence-electron chi connectivity index (χ2n) is 6.85. The Bertz CT molecular complexity index is 609. The van der Waals surface area contributed by atoms with Crippen molar-refractivity contribution in [3.05, 3.63) is 21.0 Å². The van der Waals surface area contributed by atoms with Gasteiger partial charge < -0.3 is 5.84 Å². The predicted octanol–water partition coefficient (Wildman–Crippen LogP) is 1.59. The summed E-state index contributed by atoms with van der Waals surface area (Å²) in [6.45, 7) is 6.20. The van der Waals surface area contributed by atoms with Crippen LogP contribution < -0.4 is 17.2 Å². The van der Waals surface area contributed by atoms with Crippen molar-refractivity contribution in [3.8, 4) is 0 Å². The van der Waals surface area contributed by atoms with Crippen molar-refractivity contribution >= 4 is 11.8 Å². The molecule has 0 bridgehead atoms. The second kappa shape index (κ2) is 6.25. The van der Waals surface area contributed by atoms with Crippen LogP contribution in [0, 0.1) is 5.41 Å². The van der Waals surface area contributed by atoms with Crippen LogP contribution in [0.15, 0.2) is 14.7 Å². The Morgan fingerprint density at radius 2 is 1.86 bits per heavy atom. The molecule has 21 heavy (non-hydrogen) atoms. The van der Waals surface area contributed by atoms with Gasteiger partial charge in [-0.3, -0.25) is 0 Å². The standard InChI is InChI=1S/C14H24N4O2S/c1-14(2,3)9-17-11(19)16-12(18(15)13(17)20)21-10-7-5-4-6-8-10/h10H,4-9,15H2,1-3H3. The molecule has 1 aromatic heterocycles. The Balaban J connectivity index is 2.29. The van der Waals surface area contributed by atoms with Gasteiger partial charge in [0.25, 0.3) is 0 Å². The molecule has 0 amide bonds. The highest BCUT2D eigenvalue weighted by Gasteiger charge is 2.21. The lowest BCUT2D eigenvalue weighted by Crippen LogP contribution is -2.47.